The minimum atomic E-state index is -0.564. The highest BCUT2D eigenvalue weighted by molar-refractivity contribution is 5.97. The summed E-state index contributed by atoms with van der Waals surface area (Å²) in [5, 5.41) is 0. The summed E-state index contributed by atoms with van der Waals surface area (Å²) >= 11 is 0. The summed E-state index contributed by atoms with van der Waals surface area (Å²) in [4.78, 5) is 26.3. The Morgan fingerprint density at radius 3 is 2.52 bits per heavy atom. The average Bonchev–Trinajstić information content (AvgIpc) is 3.01. The molecule has 5 nitrogen and oxygen atoms in total. The molecule has 3 rings (SSSR count). The molecule has 0 aliphatic carbocycles. The van der Waals surface area contributed by atoms with Gasteiger partial charge in [0.05, 0.1) is 19.1 Å². The Kier molecular flexibility index (Phi) is 5.03. The maximum absolute atomic E-state index is 12.9. The van der Waals surface area contributed by atoms with Crippen molar-refractivity contribution < 1.29 is 19.1 Å². The third-order valence-corrected chi connectivity index (χ3v) is 4.50. The quantitative estimate of drug-likeness (QED) is 0.838. The van der Waals surface area contributed by atoms with Crippen LogP contribution in [0.1, 0.15) is 24.0 Å². The second-order valence-corrected chi connectivity index (χ2v) is 6.12. The Balaban J connectivity index is 1.76. The molecule has 0 bridgehead atoms. The summed E-state index contributed by atoms with van der Waals surface area (Å²) < 4.78 is 10.3. The standard InChI is InChI=1S/C20H21NO4/c1-14(16-8-10-18(24-2)11-9-16)19(22)21-17(13-25-20(21)23)12-15-6-4-3-5-7-15/h3-11,14,17H,12-13H2,1-2H3. The van der Waals surface area contributed by atoms with E-state index in [0.717, 1.165) is 16.9 Å². The number of rotatable bonds is 5. The number of carbonyl (C=O) groups is 2. The Hall–Kier alpha value is -2.82. The van der Waals surface area contributed by atoms with Gasteiger partial charge in [0.25, 0.3) is 0 Å². The van der Waals surface area contributed by atoms with E-state index >= 15 is 0 Å². The van der Waals surface area contributed by atoms with Gasteiger partial charge in [0.2, 0.25) is 5.91 Å². The lowest BCUT2D eigenvalue weighted by Crippen LogP contribution is -2.42. The molecule has 0 saturated carbocycles. The van der Waals surface area contributed by atoms with E-state index in [2.05, 4.69) is 0 Å². The summed E-state index contributed by atoms with van der Waals surface area (Å²) in [6, 6.07) is 16.8. The van der Waals surface area contributed by atoms with Crippen LogP contribution in [0.2, 0.25) is 0 Å². The van der Waals surface area contributed by atoms with Crippen molar-refractivity contribution in [2.45, 2.75) is 25.3 Å². The molecule has 1 heterocycles. The lowest BCUT2D eigenvalue weighted by Gasteiger charge is -2.23. The zero-order valence-electron chi connectivity index (χ0n) is 14.3. The van der Waals surface area contributed by atoms with Gasteiger partial charge in [-0.25, -0.2) is 9.69 Å². The first kappa shape index (κ1) is 17.0. The summed E-state index contributed by atoms with van der Waals surface area (Å²) in [6.45, 7) is 2.03. The van der Waals surface area contributed by atoms with E-state index in [-0.39, 0.29) is 18.6 Å². The highest BCUT2D eigenvalue weighted by atomic mass is 16.6. The van der Waals surface area contributed by atoms with Crippen molar-refractivity contribution in [1.29, 1.82) is 0 Å². The normalized spacial score (nSPS) is 17.9. The molecule has 0 N–H and O–H groups in total. The fourth-order valence-corrected chi connectivity index (χ4v) is 3.01. The molecule has 0 aromatic heterocycles. The van der Waals surface area contributed by atoms with Crippen LogP contribution in [0.25, 0.3) is 0 Å². The number of carbonyl (C=O) groups excluding carboxylic acids is 2. The molecule has 2 atom stereocenters. The van der Waals surface area contributed by atoms with E-state index in [1.807, 2.05) is 54.6 Å². The van der Waals surface area contributed by atoms with Gasteiger partial charge in [-0.1, -0.05) is 42.5 Å². The van der Waals surface area contributed by atoms with Crippen LogP contribution in [0, 0.1) is 0 Å². The SMILES string of the molecule is COc1ccc(C(C)C(=O)N2C(=O)OCC2Cc2ccccc2)cc1. The first-order valence-electron chi connectivity index (χ1n) is 8.28. The molecule has 2 unspecified atom stereocenters. The summed E-state index contributed by atoms with van der Waals surface area (Å²) in [7, 11) is 1.60. The smallest absolute Gasteiger partial charge is 0.417 e. The van der Waals surface area contributed by atoms with Crippen LogP contribution < -0.4 is 4.74 Å². The number of nitrogens with zero attached hydrogens (tertiary/aromatic N) is 1. The van der Waals surface area contributed by atoms with E-state index in [9.17, 15) is 9.59 Å². The van der Waals surface area contributed by atoms with Crippen LogP contribution in [-0.2, 0) is 16.0 Å². The van der Waals surface area contributed by atoms with Crippen molar-refractivity contribution in [1.82, 2.24) is 4.90 Å². The van der Waals surface area contributed by atoms with Gasteiger partial charge in [-0.3, -0.25) is 4.79 Å². The first-order chi connectivity index (χ1) is 12.1. The van der Waals surface area contributed by atoms with Crippen LogP contribution >= 0.6 is 0 Å². The van der Waals surface area contributed by atoms with E-state index in [1.54, 1.807) is 14.0 Å². The van der Waals surface area contributed by atoms with E-state index in [0.29, 0.717) is 6.42 Å². The van der Waals surface area contributed by atoms with Crippen molar-refractivity contribution in [2.75, 3.05) is 13.7 Å². The molecule has 1 aliphatic rings. The summed E-state index contributed by atoms with van der Waals surface area (Å²) in [5.74, 6) is 0.0503. The summed E-state index contributed by atoms with van der Waals surface area (Å²) in [5.41, 5.74) is 1.91. The molecule has 2 aromatic rings. The highest BCUT2D eigenvalue weighted by Gasteiger charge is 2.39. The molecule has 1 saturated heterocycles. The van der Waals surface area contributed by atoms with Gasteiger partial charge >= 0.3 is 6.09 Å². The Morgan fingerprint density at radius 1 is 1.20 bits per heavy atom. The number of cyclic esters (lactones) is 1. The van der Waals surface area contributed by atoms with Crippen molar-refractivity contribution in [3.63, 3.8) is 0 Å². The summed E-state index contributed by atoms with van der Waals surface area (Å²) in [6.07, 6.45) is 0.0273. The molecule has 1 aliphatic heterocycles. The Labute approximate surface area is 147 Å². The molecule has 0 radical (unpaired) electrons. The largest absolute Gasteiger partial charge is 0.497 e. The average molecular weight is 339 g/mol. The Bertz CT molecular complexity index is 742. The number of methoxy groups -OCH3 is 1. The van der Waals surface area contributed by atoms with Crippen LogP contribution in [0.4, 0.5) is 4.79 Å². The van der Waals surface area contributed by atoms with Crippen LogP contribution in [0.3, 0.4) is 0 Å². The zero-order chi connectivity index (χ0) is 17.8. The maximum atomic E-state index is 12.9. The number of hydrogen-bond acceptors (Lipinski definition) is 4. The molecular formula is C20H21NO4. The fraction of sp³-hybridized carbons (Fsp3) is 0.300. The predicted molar refractivity (Wildman–Crippen MR) is 93.5 cm³/mol. The lowest BCUT2D eigenvalue weighted by molar-refractivity contribution is -0.130. The Morgan fingerprint density at radius 2 is 1.88 bits per heavy atom. The maximum Gasteiger partial charge on any atom is 0.417 e. The van der Waals surface area contributed by atoms with E-state index < -0.39 is 12.0 Å². The first-order valence-corrected chi connectivity index (χ1v) is 8.28. The van der Waals surface area contributed by atoms with Crippen molar-refractivity contribution in [3.8, 4) is 5.75 Å². The van der Waals surface area contributed by atoms with Gasteiger partial charge in [0, 0.05) is 0 Å². The molecule has 0 spiro atoms. The van der Waals surface area contributed by atoms with Gasteiger partial charge in [0.1, 0.15) is 12.4 Å². The van der Waals surface area contributed by atoms with Gasteiger partial charge < -0.3 is 9.47 Å². The molecule has 130 valence electrons. The van der Waals surface area contributed by atoms with Crippen LogP contribution in [0.15, 0.2) is 54.6 Å². The molecule has 5 heteroatoms. The highest BCUT2D eigenvalue weighted by Crippen LogP contribution is 2.26. The molecular weight excluding hydrogens is 318 g/mol. The van der Waals surface area contributed by atoms with Crippen molar-refractivity contribution in [3.05, 3.63) is 65.7 Å². The number of hydrogen-bond donors (Lipinski definition) is 0. The molecule has 2 amide bonds. The van der Waals surface area contributed by atoms with Crippen molar-refractivity contribution >= 4 is 12.0 Å². The van der Waals surface area contributed by atoms with E-state index in [4.69, 9.17) is 9.47 Å². The van der Waals surface area contributed by atoms with Gasteiger partial charge in [-0.2, -0.15) is 0 Å². The zero-order valence-corrected chi connectivity index (χ0v) is 14.3. The van der Waals surface area contributed by atoms with Gasteiger partial charge in [-0.15, -0.1) is 0 Å². The van der Waals surface area contributed by atoms with Crippen LogP contribution in [0.5, 0.6) is 5.75 Å². The minimum Gasteiger partial charge on any atom is -0.497 e. The van der Waals surface area contributed by atoms with Gasteiger partial charge in [0.15, 0.2) is 0 Å². The number of ether oxygens (including phenoxy) is 2. The second-order valence-electron chi connectivity index (χ2n) is 6.12. The fourth-order valence-electron chi connectivity index (χ4n) is 3.01. The third-order valence-electron chi connectivity index (χ3n) is 4.50. The molecule has 25 heavy (non-hydrogen) atoms. The monoisotopic (exact) mass is 339 g/mol. The molecule has 2 aromatic carbocycles. The van der Waals surface area contributed by atoms with E-state index in [1.165, 1.54) is 4.90 Å². The number of amides is 2. The molecule has 1 fully saturated rings. The predicted octanol–water partition coefficient (Wildman–Crippen LogP) is 3.39. The minimum absolute atomic E-state index is 0.231. The van der Waals surface area contributed by atoms with Crippen LogP contribution in [-0.4, -0.2) is 36.7 Å². The van der Waals surface area contributed by atoms with Gasteiger partial charge in [-0.05, 0) is 36.6 Å². The van der Waals surface area contributed by atoms with Crippen molar-refractivity contribution in [2.24, 2.45) is 0 Å². The third kappa shape index (κ3) is 3.65. The lowest BCUT2D eigenvalue weighted by atomic mass is 9.98. The number of benzene rings is 2. The topological polar surface area (TPSA) is 55.8 Å². The second kappa shape index (κ2) is 7.38. The number of imide groups is 1.